The van der Waals surface area contributed by atoms with Crippen molar-refractivity contribution in [2.24, 2.45) is 0 Å². The summed E-state index contributed by atoms with van der Waals surface area (Å²) in [5.41, 5.74) is 1.23. The maximum atomic E-state index is 11.5. The van der Waals surface area contributed by atoms with Crippen LogP contribution in [0.25, 0.3) is 0 Å². The Hall–Kier alpha value is -1.20. The summed E-state index contributed by atoms with van der Waals surface area (Å²) in [5, 5.41) is 0. The van der Waals surface area contributed by atoms with Crippen LogP contribution in [0.4, 0.5) is 0 Å². The van der Waals surface area contributed by atoms with Gasteiger partial charge in [-0.15, -0.1) is 0 Å². The minimum absolute atomic E-state index is 0.0178. The lowest BCUT2D eigenvalue weighted by Gasteiger charge is -2.37. The molecule has 1 aliphatic rings. The van der Waals surface area contributed by atoms with Gasteiger partial charge >= 0.3 is 0 Å². The quantitative estimate of drug-likeness (QED) is 0.599. The highest BCUT2D eigenvalue weighted by Crippen LogP contribution is 2.42. The SMILES string of the molecule is CS(=O)(=O)OCCCC1(c2ccccc2)CCC(=O)CC1. The van der Waals surface area contributed by atoms with Gasteiger partial charge in [0.05, 0.1) is 12.9 Å². The molecule has 1 aliphatic carbocycles. The third-order valence-electron chi connectivity index (χ3n) is 4.25. The second kappa shape index (κ2) is 6.71. The highest BCUT2D eigenvalue weighted by atomic mass is 32.2. The molecular formula is C16H22O4S. The van der Waals surface area contributed by atoms with E-state index in [1.54, 1.807) is 0 Å². The van der Waals surface area contributed by atoms with Gasteiger partial charge in [0.1, 0.15) is 5.78 Å². The number of hydrogen-bond acceptors (Lipinski definition) is 4. The summed E-state index contributed by atoms with van der Waals surface area (Å²) < 4.78 is 26.8. The van der Waals surface area contributed by atoms with Crippen molar-refractivity contribution in [2.75, 3.05) is 12.9 Å². The maximum Gasteiger partial charge on any atom is 0.264 e. The van der Waals surface area contributed by atoms with Crippen LogP contribution in [-0.4, -0.2) is 27.1 Å². The predicted octanol–water partition coefficient (Wildman–Crippen LogP) is 2.82. The van der Waals surface area contributed by atoms with Crippen molar-refractivity contribution in [3.63, 3.8) is 0 Å². The van der Waals surface area contributed by atoms with Crippen molar-refractivity contribution in [1.29, 1.82) is 0 Å². The van der Waals surface area contributed by atoms with Gasteiger partial charge in [0.15, 0.2) is 0 Å². The Morgan fingerprint density at radius 3 is 2.33 bits per heavy atom. The Bertz CT molecular complexity index is 568. The van der Waals surface area contributed by atoms with E-state index in [1.165, 1.54) is 5.56 Å². The van der Waals surface area contributed by atoms with E-state index >= 15 is 0 Å². The first-order valence-corrected chi connectivity index (χ1v) is 9.15. The van der Waals surface area contributed by atoms with Gasteiger partial charge in [-0.1, -0.05) is 30.3 Å². The van der Waals surface area contributed by atoms with Gasteiger partial charge in [-0.2, -0.15) is 8.42 Å². The first-order valence-electron chi connectivity index (χ1n) is 7.33. The molecule has 0 aliphatic heterocycles. The van der Waals surface area contributed by atoms with E-state index in [4.69, 9.17) is 4.18 Å². The first-order chi connectivity index (χ1) is 9.91. The second-order valence-electron chi connectivity index (χ2n) is 5.81. The summed E-state index contributed by atoms with van der Waals surface area (Å²) in [7, 11) is -3.37. The highest BCUT2D eigenvalue weighted by Gasteiger charge is 2.35. The molecule has 0 saturated heterocycles. The minimum atomic E-state index is -3.37. The van der Waals surface area contributed by atoms with Crippen molar-refractivity contribution >= 4 is 15.9 Å². The van der Waals surface area contributed by atoms with Crippen LogP contribution in [0, 0.1) is 0 Å². The van der Waals surface area contributed by atoms with Gasteiger partial charge in [0, 0.05) is 12.8 Å². The lowest BCUT2D eigenvalue weighted by atomic mass is 9.66. The second-order valence-corrected chi connectivity index (χ2v) is 7.46. The molecule has 2 rings (SSSR count). The Labute approximate surface area is 126 Å². The fraction of sp³-hybridized carbons (Fsp3) is 0.562. The Kier molecular flexibility index (Phi) is 5.17. The lowest BCUT2D eigenvalue weighted by molar-refractivity contribution is -0.121. The molecule has 21 heavy (non-hydrogen) atoms. The zero-order valence-corrected chi connectivity index (χ0v) is 13.2. The average Bonchev–Trinajstić information content (AvgIpc) is 2.46. The Balaban J connectivity index is 2.05. The molecule has 1 fully saturated rings. The van der Waals surface area contributed by atoms with Crippen LogP contribution in [-0.2, 0) is 24.5 Å². The molecule has 5 heteroatoms. The van der Waals surface area contributed by atoms with Gasteiger partial charge in [-0.3, -0.25) is 8.98 Å². The van der Waals surface area contributed by atoms with E-state index in [1.807, 2.05) is 18.2 Å². The molecule has 0 aromatic heterocycles. The van der Waals surface area contributed by atoms with Crippen molar-refractivity contribution in [1.82, 2.24) is 0 Å². The monoisotopic (exact) mass is 310 g/mol. The number of Topliss-reactive ketones (excluding diaryl/α,β-unsaturated/α-hetero) is 1. The van der Waals surface area contributed by atoms with E-state index in [0.717, 1.165) is 25.5 Å². The predicted molar refractivity (Wildman–Crippen MR) is 81.6 cm³/mol. The molecule has 0 N–H and O–H groups in total. The topological polar surface area (TPSA) is 60.4 Å². The lowest BCUT2D eigenvalue weighted by Crippen LogP contribution is -2.32. The minimum Gasteiger partial charge on any atom is -0.300 e. The zero-order valence-electron chi connectivity index (χ0n) is 12.4. The van der Waals surface area contributed by atoms with Crippen molar-refractivity contribution < 1.29 is 17.4 Å². The maximum absolute atomic E-state index is 11.5. The fourth-order valence-electron chi connectivity index (χ4n) is 3.10. The van der Waals surface area contributed by atoms with E-state index < -0.39 is 10.1 Å². The fourth-order valence-corrected chi connectivity index (χ4v) is 3.52. The van der Waals surface area contributed by atoms with E-state index in [9.17, 15) is 13.2 Å². The van der Waals surface area contributed by atoms with Gasteiger partial charge in [0.2, 0.25) is 0 Å². The van der Waals surface area contributed by atoms with Gasteiger partial charge in [-0.05, 0) is 36.7 Å². The number of hydrogen-bond donors (Lipinski definition) is 0. The summed E-state index contributed by atoms with van der Waals surface area (Å²) in [5.74, 6) is 0.328. The standard InChI is InChI=1S/C16H22O4S/c1-21(18,19)20-13-5-10-16(11-8-15(17)9-12-16)14-6-3-2-4-7-14/h2-4,6-7H,5,8-13H2,1H3. The average molecular weight is 310 g/mol. The van der Waals surface area contributed by atoms with Gasteiger partial charge < -0.3 is 0 Å². The smallest absolute Gasteiger partial charge is 0.264 e. The van der Waals surface area contributed by atoms with Crippen LogP contribution in [0.5, 0.6) is 0 Å². The molecule has 0 heterocycles. The van der Waals surface area contributed by atoms with Crippen LogP contribution in [0.2, 0.25) is 0 Å². The Morgan fingerprint density at radius 1 is 1.14 bits per heavy atom. The van der Waals surface area contributed by atoms with Gasteiger partial charge in [-0.25, -0.2) is 0 Å². The van der Waals surface area contributed by atoms with Crippen LogP contribution >= 0.6 is 0 Å². The highest BCUT2D eigenvalue weighted by molar-refractivity contribution is 7.85. The normalized spacial score (nSPS) is 18.6. The van der Waals surface area contributed by atoms with E-state index in [2.05, 4.69) is 12.1 Å². The molecule has 4 nitrogen and oxygen atoms in total. The molecule has 1 saturated carbocycles. The Morgan fingerprint density at radius 2 is 1.76 bits per heavy atom. The largest absolute Gasteiger partial charge is 0.300 e. The molecule has 0 atom stereocenters. The van der Waals surface area contributed by atoms with Crippen molar-refractivity contribution in [2.45, 2.75) is 43.9 Å². The third kappa shape index (κ3) is 4.64. The molecule has 0 spiro atoms. The van der Waals surface area contributed by atoms with Crippen LogP contribution in [0.15, 0.2) is 30.3 Å². The van der Waals surface area contributed by atoms with Crippen LogP contribution in [0.1, 0.15) is 44.1 Å². The number of carbonyl (C=O) groups is 1. The molecule has 0 bridgehead atoms. The summed E-state index contributed by atoms with van der Waals surface area (Å²) in [6.07, 6.45) is 5.50. The van der Waals surface area contributed by atoms with Crippen LogP contribution in [0.3, 0.4) is 0 Å². The first kappa shape index (κ1) is 16.2. The molecule has 0 radical (unpaired) electrons. The summed E-state index contributed by atoms with van der Waals surface area (Å²) >= 11 is 0. The third-order valence-corrected chi connectivity index (χ3v) is 4.84. The van der Waals surface area contributed by atoms with Crippen molar-refractivity contribution in [3.8, 4) is 0 Å². The molecule has 0 amide bonds. The summed E-state index contributed by atoms with van der Waals surface area (Å²) in [6.45, 7) is 0.210. The number of rotatable bonds is 6. The molecule has 1 aromatic carbocycles. The zero-order chi connectivity index (χ0) is 15.3. The van der Waals surface area contributed by atoms with Gasteiger partial charge in [0.25, 0.3) is 10.1 Å². The number of ketones is 1. The molecular weight excluding hydrogens is 288 g/mol. The molecule has 1 aromatic rings. The molecule has 116 valence electrons. The van der Waals surface area contributed by atoms with Crippen LogP contribution < -0.4 is 0 Å². The molecule has 0 unspecified atom stereocenters. The number of carbonyl (C=O) groups excluding carboxylic acids is 1. The summed E-state index contributed by atoms with van der Waals surface area (Å²) in [4.78, 5) is 11.5. The van der Waals surface area contributed by atoms with Crippen molar-refractivity contribution in [3.05, 3.63) is 35.9 Å². The van der Waals surface area contributed by atoms with E-state index in [-0.39, 0.29) is 12.0 Å². The van der Waals surface area contributed by atoms with E-state index in [0.29, 0.717) is 25.0 Å². The summed E-state index contributed by atoms with van der Waals surface area (Å²) in [6, 6.07) is 10.2. The number of benzene rings is 1.